The maximum atomic E-state index is 13.9. The van der Waals surface area contributed by atoms with Gasteiger partial charge in [0.1, 0.15) is 5.76 Å². The van der Waals surface area contributed by atoms with Gasteiger partial charge in [0.05, 0.1) is 25.8 Å². The number of carbonyl (C=O) groups is 3. The van der Waals surface area contributed by atoms with Gasteiger partial charge in [-0.2, -0.15) is 0 Å². The van der Waals surface area contributed by atoms with E-state index in [4.69, 9.17) is 9.15 Å². The smallest absolute Gasteiger partial charge is 0.330 e. The first-order chi connectivity index (χ1) is 13.4. The number of hydrogen-bond acceptors (Lipinski definition) is 5. The van der Waals surface area contributed by atoms with Crippen LogP contribution in [0.1, 0.15) is 23.8 Å². The standard InChI is InChI=1S/C19H19FN2O6/c1-27-15-5-4-11(7-14(15)20)17(19(25)26)21-18(24)12-8-16(23)22(9-12)10-13-3-2-6-28-13/h2-7,12,17H,8-10H2,1H3,(H,21,24)(H,25,26). The highest BCUT2D eigenvalue weighted by atomic mass is 19.1. The maximum absolute atomic E-state index is 13.9. The average Bonchev–Trinajstić information content (AvgIpc) is 3.29. The monoisotopic (exact) mass is 390 g/mol. The summed E-state index contributed by atoms with van der Waals surface area (Å²) >= 11 is 0. The lowest BCUT2D eigenvalue weighted by molar-refractivity contribution is -0.142. The second-order valence-corrected chi connectivity index (χ2v) is 6.43. The minimum Gasteiger partial charge on any atom is -0.494 e. The molecule has 2 unspecified atom stereocenters. The minimum absolute atomic E-state index is 0.0319. The number of carboxylic acid groups (broad SMARTS) is 1. The largest absolute Gasteiger partial charge is 0.494 e. The van der Waals surface area contributed by atoms with Crippen molar-refractivity contribution < 1.29 is 33.0 Å². The van der Waals surface area contributed by atoms with Crippen molar-refractivity contribution in [3.63, 3.8) is 0 Å². The van der Waals surface area contributed by atoms with Gasteiger partial charge in [-0.05, 0) is 29.8 Å². The lowest BCUT2D eigenvalue weighted by atomic mass is 10.0. The number of likely N-dealkylation sites (tertiary alicyclic amines) is 1. The summed E-state index contributed by atoms with van der Waals surface area (Å²) in [7, 11) is 1.29. The molecule has 1 aliphatic rings. The molecule has 2 amide bonds. The molecule has 1 aromatic heterocycles. The fraction of sp³-hybridized carbons (Fsp3) is 0.316. The number of methoxy groups -OCH3 is 1. The molecule has 2 heterocycles. The summed E-state index contributed by atoms with van der Waals surface area (Å²) in [5.41, 5.74) is 0.0657. The van der Waals surface area contributed by atoms with E-state index in [-0.39, 0.29) is 36.7 Å². The van der Waals surface area contributed by atoms with Crippen molar-refractivity contribution in [2.75, 3.05) is 13.7 Å². The number of nitrogens with one attached hydrogen (secondary N) is 1. The second-order valence-electron chi connectivity index (χ2n) is 6.43. The van der Waals surface area contributed by atoms with Crippen molar-refractivity contribution >= 4 is 17.8 Å². The van der Waals surface area contributed by atoms with Crippen molar-refractivity contribution in [2.24, 2.45) is 5.92 Å². The van der Waals surface area contributed by atoms with Crippen LogP contribution in [0.4, 0.5) is 4.39 Å². The summed E-state index contributed by atoms with van der Waals surface area (Å²) in [6, 6.07) is 5.63. The molecular formula is C19H19FN2O6. The van der Waals surface area contributed by atoms with Crippen molar-refractivity contribution in [3.8, 4) is 5.75 Å². The Hall–Kier alpha value is -3.36. The van der Waals surface area contributed by atoms with Crippen LogP contribution in [-0.4, -0.2) is 41.4 Å². The van der Waals surface area contributed by atoms with E-state index in [1.165, 1.54) is 30.4 Å². The second kappa shape index (κ2) is 8.12. The first-order valence-electron chi connectivity index (χ1n) is 8.55. The van der Waals surface area contributed by atoms with Crippen LogP contribution in [-0.2, 0) is 20.9 Å². The molecule has 0 spiro atoms. The zero-order valence-corrected chi connectivity index (χ0v) is 15.1. The average molecular weight is 390 g/mol. The molecule has 0 bridgehead atoms. The predicted octanol–water partition coefficient (Wildman–Crippen LogP) is 1.72. The van der Waals surface area contributed by atoms with Crippen LogP contribution in [0.3, 0.4) is 0 Å². The van der Waals surface area contributed by atoms with Gasteiger partial charge in [0.15, 0.2) is 17.6 Å². The van der Waals surface area contributed by atoms with Crippen LogP contribution in [0, 0.1) is 11.7 Å². The fourth-order valence-electron chi connectivity index (χ4n) is 3.10. The lowest BCUT2D eigenvalue weighted by Crippen LogP contribution is -2.38. The molecule has 9 heteroatoms. The summed E-state index contributed by atoms with van der Waals surface area (Å²) < 4.78 is 23.9. The number of furan rings is 1. The number of halogens is 1. The molecule has 0 radical (unpaired) electrons. The molecule has 2 aromatic rings. The maximum Gasteiger partial charge on any atom is 0.330 e. The molecule has 0 aliphatic carbocycles. The zero-order chi connectivity index (χ0) is 20.3. The summed E-state index contributed by atoms with van der Waals surface area (Å²) in [5.74, 6) is -3.03. The van der Waals surface area contributed by atoms with Crippen LogP contribution >= 0.6 is 0 Å². The fourth-order valence-corrected chi connectivity index (χ4v) is 3.10. The number of carbonyl (C=O) groups excluding carboxylic acids is 2. The molecule has 2 N–H and O–H groups in total. The van der Waals surface area contributed by atoms with Crippen molar-refractivity contribution in [3.05, 3.63) is 53.7 Å². The van der Waals surface area contributed by atoms with Gasteiger partial charge in [0.25, 0.3) is 0 Å². The van der Waals surface area contributed by atoms with Crippen LogP contribution < -0.4 is 10.1 Å². The SMILES string of the molecule is COc1ccc(C(NC(=O)C2CC(=O)N(Cc3ccco3)C2)C(=O)O)cc1F. The molecular weight excluding hydrogens is 371 g/mol. The number of aliphatic carboxylic acids is 1. The Morgan fingerprint density at radius 2 is 2.21 bits per heavy atom. The number of carboxylic acids is 1. The van der Waals surface area contributed by atoms with Gasteiger partial charge in [-0.1, -0.05) is 6.07 Å². The first-order valence-corrected chi connectivity index (χ1v) is 8.55. The first kappa shape index (κ1) is 19.4. The molecule has 8 nitrogen and oxygen atoms in total. The molecule has 1 saturated heterocycles. The van der Waals surface area contributed by atoms with E-state index in [0.29, 0.717) is 5.76 Å². The van der Waals surface area contributed by atoms with Crippen molar-refractivity contribution in [1.29, 1.82) is 0 Å². The Balaban J connectivity index is 1.68. The summed E-state index contributed by atoms with van der Waals surface area (Å²) in [6.45, 7) is 0.385. The Labute approximate surface area is 159 Å². The van der Waals surface area contributed by atoms with E-state index >= 15 is 0 Å². The quantitative estimate of drug-likeness (QED) is 0.745. The Morgan fingerprint density at radius 3 is 2.82 bits per heavy atom. The topological polar surface area (TPSA) is 109 Å². The predicted molar refractivity (Wildman–Crippen MR) is 93.7 cm³/mol. The van der Waals surface area contributed by atoms with Crippen LogP contribution in [0.25, 0.3) is 0 Å². The number of ether oxygens (including phenoxy) is 1. The normalized spacial score (nSPS) is 17.4. The Morgan fingerprint density at radius 1 is 1.43 bits per heavy atom. The number of nitrogens with zero attached hydrogens (tertiary/aromatic N) is 1. The van der Waals surface area contributed by atoms with E-state index in [0.717, 1.165) is 6.07 Å². The van der Waals surface area contributed by atoms with Crippen molar-refractivity contribution in [2.45, 2.75) is 19.0 Å². The third-order valence-corrected chi connectivity index (χ3v) is 4.55. The summed E-state index contributed by atoms with van der Waals surface area (Å²) in [6.07, 6.45) is 1.46. The molecule has 3 rings (SSSR count). The molecule has 0 saturated carbocycles. The molecule has 148 valence electrons. The van der Waals surface area contributed by atoms with Crippen molar-refractivity contribution in [1.82, 2.24) is 10.2 Å². The van der Waals surface area contributed by atoms with E-state index in [1.54, 1.807) is 12.1 Å². The summed E-state index contributed by atoms with van der Waals surface area (Å²) in [4.78, 5) is 37.8. The number of rotatable bonds is 7. The van der Waals surface area contributed by atoms with Gasteiger partial charge in [-0.3, -0.25) is 9.59 Å². The van der Waals surface area contributed by atoms with Crippen LogP contribution in [0.5, 0.6) is 5.75 Å². The van der Waals surface area contributed by atoms with E-state index in [1.807, 2.05) is 0 Å². The van der Waals surface area contributed by atoms with Gasteiger partial charge >= 0.3 is 5.97 Å². The van der Waals surface area contributed by atoms with Gasteiger partial charge in [-0.25, -0.2) is 9.18 Å². The summed E-state index contributed by atoms with van der Waals surface area (Å²) in [5, 5.41) is 11.8. The molecule has 2 atom stereocenters. The van der Waals surface area contributed by atoms with Gasteiger partial charge in [-0.15, -0.1) is 0 Å². The molecule has 1 fully saturated rings. The van der Waals surface area contributed by atoms with E-state index in [2.05, 4.69) is 5.32 Å². The highest BCUT2D eigenvalue weighted by Gasteiger charge is 2.36. The number of benzene rings is 1. The lowest BCUT2D eigenvalue weighted by Gasteiger charge is -2.19. The third kappa shape index (κ3) is 4.13. The highest BCUT2D eigenvalue weighted by Crippen LogP contribution is 2.25. The molecule has 1 aliphatic heterocycles. The molecule has 1 aromatic carbocycles. The number of hydrogen-bond donors (Lipinski definition) is 2. The van der Waals surface area contributed by atoms with E-state index < -0.39 is 29.7 Å². The van der Waals surface area contributed by atoms with Gasteiger partial charge in [0.2, 0.25) is 11.8 Å². The molecule has 28 heavy (non-hydrogen) atoms. The highest BCUT2D eigenvalue weighted by molar-refractivity contribution is 5.91. The van der Waals surface area contributed by atoms with E-state index in [9.17, 15) is 23.9 Å². The Bertz CT molecular complexity index is 883. The van der Waals surface area contributed by atoms with Gasteiger partial charge in [0, 0.05) is 13.0 Å². The zero-order valence-electron chi connectivity index (χ0n) is 15.1. The number of amides is 2. The third-order valence-electron chi connectivity index (χ3n) is 4.55. The van der Waals surface area contributed by atoms with Crippen LogP contribution in [0.15, 0.2) is 41.0 Å². The Kier molecular flexibility index (Phi) is 5.62. The van der Waals surface area contributed by atoms with Crippen LogP contribution in [0.2, 0.25) is 0 Å². The van der Waals surface area contributed by atoms with Gasteiger partial charge < -0.3 is 24.5 Å². The minimum atomic E-state index is -1.44.